The van der Waals surface area contributed by atoms with Gasteiger partial charge in [0.1, 0.15) is 0 Å². The summed E-state index contributed by atoms with van der Waals surface area (Å²) >= 11 is 0. The zero-order valence-electron chi connectivity index (χ0n) is 15.8. The first-order valence-electron chi connectivity index (χ1n) is 8.26. The van der Waals surface area contributed by atoms with Crippen molar-refractivity contribution in [2.24, 2.45) is 0 Å². The van der Waals surface area contributed by atoms with Crippen molar-refractivity contribution >= 4 is 21.5 Å². The molecular weight excluding hydrogens is 368 g/mol. The van der Waals surface area contributed by atoms with Crippen molar-refractivity contribution in [2.45, 2.75) is 13.8 Å². The van der Waals surface area contributed by atoms with Gasteiger partial charge in [0.2, 0.25) is 0 Å². The van der Waals surface area contributed by atoms with E-state index >= 15 is 0 Å². The first-order valence-corrected chi connectivity index (χ1v) is 8.26. The Morgan fingerprint density at radius 3 is 1.26 bits per heavy atom. The van der Waals surface area contributed by atoms with Gasteiger partial charge >= 0.3 is 21.7 Å². The molecule has 0 N–H and O–H groups in total. The van der Waals surface area contributed by atoms with Crippen LogP contribution in [-0.2, 0) is 21.7 Å². The third-order valence-electron chi connectivity index (χ3n) is 3.10. The fourth-order valence-electron chi connectivity index (χ4n) is 2.14. The second-order valence-corrected chi connectivity index (χ2v) is 5.71. The Balaban J connectivity index is 0.000000357. The molecule has 0 radical (unpaired) electrons. The summed E-state index contributed by atoms with van der Waals surface area (Å²) in [7, 11) is 0. The monoisotopic (exact) mass is 392 g/mol. The van der Waals surface area contributed by atoms with Crippen molar-refractivity contribution in [1.82, 2.24) is 0 Å². The first-order chi connectivity index (χ1) is 12.4. The molecule has 0 fully saturated rings. The van der Waals surface area contributed by atoms with Gasteiger partial charge in [0, 0.05) is 0 Å². The van der Waals surface area contributed by atoms with Crippen molar-refractivity contribution < 1.29 is 31.9 Å². The van der Waals surface area contributed by atoms with Crippen LogP contribution in [0.2, 0.25) is 0 Å². The van der Waals surface area contributed by atoms with Crippen LogP contribution in [0.4, 0.5) is 0 Å². The molecule has 0 unspecified atom stereocenters. The van der Waals surface area contributed by atoms with Crippen LogP contribution in [0.25, 0.3) is 21.5 Å². The van der Waals surface area contributed by atoms with Crippen molar-refractivity contribution in [3.63, 3.8) is 0 Å². The number of hydrogen-bond acceptors (Lipinski definition) is 2. The van der Waals surface area contributed by atoms with E-state index in [1.54, 1.807) is 0 Å². The molecule has 0 aliphatic rings. The predicted octanol–water partition coefficient (Wildman–Crippen LogP) is 4.88. The Kier molecular flexibility index (Phi) is 12.3. The molecule has 0 bridgehead atoms. The molecule has 3 heteroatoms. The van der Waals surface area contributed by atoms with Crippen molar-refractivity contribution in [3.05, 3.63) is 110 Å². The molecule has 0 atom stereocenters. The molecule has 0 amide bonds. The van der Waals surface area contributed by atoms with E-state index in [9.17, 15) is 10.2 Å². The molecule has 2 nitrogen and oxygen atoms in total. The zero-order valence-corrected chi connectivity index (χ0v) is 17.4. The third-order valence-corrected chi connectivity index (χ3v) is 3.10. The minimum absolute atomic E-state index is 0. The van der Waals surface area contributed by atoms with Crippen LogP contribution in [0.3, 0.4) is 0 Å². The smallest absolute Gasteiger partial charge is 0.876 e. The summed E-state index contributed by atoms with van der Waals surface area (Å²) < 4.78 is 0. The van der Waals surface area contributed by atoms with Crippen molar-refractivity contribution in [3.8, 4) is 0 Å². The summed E-state index contributed by atoms with van der Waals surface area (Å²) in [6, 6.07) is 29.3. The van der Waals surface area contributed by atoms with Gasteiger partial charge in [-0.05, 0) is 0 Å². The van der Waals surface area contributed by atoms with Gasteiger partial charge in [0.25, 0.3) is 0 Å². The van der Waals surface area contributed by atoms with Gasteiger partial charge in [-0.15, -0.1) is 84.0 Å². The van der Waals surface area contributed by atoms with Crippen LogP contribution in [0, 0.1) is 0 Å². The van der Waals surface area contributed by atoms with Gasteiger partial charge in [-0.2, -0.15) is 35.0 Å². The standard InChI is InChI=1S/2C9H7.2C3H6O.Ti/c2*1-2-5-9-7-3-6-8(9)4-1;2*1-3(2)4;/h2*1-7H;2*4H,1H2,2H3;/q2*-1;;;+4/p-2. The summed E-state index contributed by atoms with van der Waals surface area (Å²) in [5.41, 5.74) is 0. The molecule has 0 saturated heterocycles. The quantitative estimate of drug-likeness (QED) is 0.243. The summed E-state index contributed by atoms with van der Waals surface area (Å²) in [4.78, 5) is 0. The molecule has 4 aromatic rings. The summed E-state index contributed by atoms with van der Waals surface area (Å²) in [5, 5.41) is 24.0. The summed E-state index contributed by atoms with van der Waals surface area (Å²) in [6.07, 6.45) is 0. The summed E-state index contributed by atoms with van der Waals surface area (Å²) in [6.45, 7) is 8.83. The minimum Gasteiger partial charge on any atom is -0.876 e. The van der Waals surface area contributed by atoms with Gasteiger partial charge < -0.3 is 10.2 Å². The molecule has 27 heavy (non-hydrogen) atoms. The Morgan fingerprint density at radius 1 is 0.667 bits per heavy atom. The Bertz CT molecular complexity index is 785. The van der Waals surface area contributed by atoms with E-state index in [4.69, 9.17) is 0 Å². The number of allylic oxidation sites excluding steroid dienone is 2. The van der Waals surface area contributed by atoms with Gasteiger partial charge in [-0.3, -0.25) is 0 Å². The molecule has 4 rings (SSSR count). The van der Waals surface area contributed by atoms with E-state index in [1.165, 1.54) is 35.4 Å². The van der Waals surface area contributed by atoms with Crippen LogP contribution in [0.1, 0.15) is 13.8 Å². The molecule has 0 spiro atoms. The third kappa shape index (κ3) is 10.9. The van der Waals surface area contributed by atoms with Crippen LogP contribution in [-0.4, -0.2) is 0 Å². The van der Waals surface area contributed by atoms with E-state index in [-0.39, 0.29) is 33.2 Å². The number of benzene rings is 2. The van der Waals surface area contributed by atoms with E-state index < -0.39 is 0 Å². The van der Waals surface area contributed by atoms with E-state index in [0.29, 0.717) is 0 Å². The van der Waals surface area contributed by atoms with Gasteiger partial charge in [-0.25, -0.2) is 0 Å². The topological polar surface area (TPSA) is 46.1 Å². The molecular formula is C24H24O2Ti. The molecule has 0 saturated carbocycles. The molecule has 4 aromatic carbocycles. The average Bonchev–Trinajstić information content (AvgIpc) is 3.23. The second kappa shape index (κ2) is 13.6. The SMILES string of the molecule is C=C(C)[O-].C=C(C)[O-].[Ti+4].c1ccc2[cH-]ccc2c1.c1ccc2[cH-]ccc2c1. The predicted molar refractivity (Wildman–Crippen MR) is 109 cm³/mol. The molecule has 136 valence electrons. The maximum atomic E-state index is 9.33. The largest absolute Gasteiger partial charge is 4.00 e. The minimum atomic E-state index is -0.0833. The fraction of sp³-hybridized carbons (Fsp3) is 0.0833. The number of rotatable bonds is 0. The molecule has 0 heterocycles. The van der Waals surface area contributed by atoms with Gasteiger partial charge in [0.15, 0.2) is 0 Å². The van der Waals surface area contributed by atoms with Crippen LogP contribution in [0.5, 0.6) is 0 Å². The maximum Gasteiger partial charge on any atom is 4.00 e. The number of fused-ring (bicyclic) bond motifs is 2. The number of hydrogen-bond donors (Lipinski definition) is 0. The average molecular weight is 392 g/mol. The molecule has 0 aliphatic heterocycles. The van der Waals surface area contributed by atoms with Gasteiger partial charge in [0.05, 0.1) is 0 Å². The summed E-state index contributed by atoms with van der Waals surface area (Å²) in [5.74, 6) is -0.167. The maximum absolute atomic E-state index is 9.33. The van der Waals surface area contributed by atoms with Crippen LogP contribution in [0.15, 0.2) is 110 Å². The Morgan fingerprint density at radius 2 is 0.963 bits per heavy atom. The van der Waals surface area contributed by atoms with Gasteiger partial charge in [-0.1, -0.05) is 26.0 Å². The normalized spacial score (nSPS) is 8.67. The molecule has 0 aliphatic carbocycles. The van der Waals surface area contributed by atoms with Crippen LogP contribution >= 0.6 is 0 Å². The van der Waals surface area contributed by atoms with E-state index in [0.717, 1.165) is 0 Å². The van der Waals surface area contributed by atoms with Crippen molar-refractivity contribution in [2.75, 3.05) is 0 Å². The van der Waals surface area contributed by atoms with Crippen LogP contribution < -0.4 is 10.2 Å². The van der Waals surface area contributed by atoms with E-state index in [1.807, 2.05) is 0 Å². The Hall–Kier alpha value is -2.55. The zero-order chi connectivity index (χ0) is 19.4. The second-order valence-electron chi connectivity index (χ2n) is 5.71. The first kappa shape index (κ1) is 24.5. The fourth-order valence-corrected chi connectivity index (χ4v) is 2.14. The van der Waals surface area contributed by atoms with Crippen molar-refractivity contribution in [1.29, 1.82) is 0 Å². The van der Waals surface area contributed by atoms with E-state index in [2.05, 4.69) is 98.1 Å². The molecule has 0 aromatic heterocycles. The Labute approximate surface area is 176 Å².